The minimum Gasteiger partial charge on any atom is -0.272 e. The van der Waals surface area contributed by atoms with E-state index in [0.29, 0.717) is 10.3 Å². The molecule has 0 radical (unpaired) electrons. The minimum absolute atomic E-state index is 0.0491. The van der Waals surface area contributed by atoms with E-state index in [1.807, 2.05) is 0 Å². The lowest BCUT2D eigenvalue weighted by Crippen LogP contribution is -2.42. The second-order valence-corrected chi connectivity index (χ2v) is 10.2. The second kappa shape index (κ2) is 11.3. The molecule has 31 heavy (non-hydrogen) atoms. The summed E-state index contributed by atoms with van der Waals surface area (Å²) in [4.78, 5) is 23.8. The van der Waals surface area contributed by atoms with Crippen molar-refractivity contribution < 1.29 is 14.0 Å². The number of benzene rings is 2. The summed E-state index contributed by atoms with van der Waals surface area (Å²) in [5, 5.41) is 8.23. The highest BCUT2D eigenvalue weighted by Gasteiger charge is 2.13. The number of nitrogens with one attached hydrogen (secondary N) is 2. The average molecular weight is 477 g/mol. The van der Waals surface area contributed by atoms with Crippen LogP contribution >= 0.6 is 34.9 Å². The summed E-state index contributed by atoms with van der Waals surface area (Å²) in [7, 11) is 0. The molecule has 0 saturated heterocycles. The van der Waals surface area contributed by atoms with E-state index in [-0.39, 0.29) is 11.3 Å². The first-order chi connectivity index (χ1) is 14.9. The summed E-state index contributed by atoms with van der Waals surface area (Å²) in [5.74, 6) is -0.446. The van der Waals surface area contributed by atoms with Gasteiger partial charge in [-0.1, -0.05) is 85.1 Å². The zero-order valence-electron chi connectivity index (χ0n) is 16.9. The average Bonchev–Trinajstić information content (AvgIpc) is 3.23. The Hall–Kier alpha value is -2.43. The molecule has 6 nitrogen and oxygen atoms in total. The van der Waals surface area contributed by atoms with Gasteiger partial charge in [0.25, 0.3) is 5.91 Å². The van der Waals surface area contributed by atoms with Crippen molar-refractivity contribution in [2.45, 2.75) is 34.2 Å². The number of amides is 2. The van der Waals surface area contributed by atoms with Crippen molar-refractivity contribution in [3.8, 4) is 0 Å². The highest BCUT2D eigenvalue weighted by atomic mass is 32.2. The molecule has 162 valence electrons. The molecule has 0 aliphatic heterocycles. The number of halogens is 1. The summed E-state index contributed by atoms with van der Waals surface area (Å²) in [6, 6.07) is 14.1. The van der Waals surface area contributed by atoms with Crippen LogP contribution in [0.25, 0.3) is 0 Å². The molecule has 2 N–H and O–H groups in total. The van der Waals surface area contributed by atoms with Gasteiger partial charge in [0.15, 0.2) is 8.68 Å². The van der Waals surface area contributed by atoms with Crippen molar-refractivity contribution >= 4 is 46.7 Å². The van der Waals surface area contributed by atoms with Crippen LogP contribution < -0.4 is 10.9 Å². The summed E-state index contributed by atoms with van der Waals surface area (Å²) in [6.45, 7) is 4.34. The zero-order chi connectivity index (χ0) is 22.2. The summed E-state index contributed by atoms with van der Waals surface area (Å²) in [5.41, 5.74) is 6.86. The molecule has 0 saturated carbocycles. The summed E-state index contributed by atoms with van der Waals surface area (Å²) >= 11 is 4.23. The Kier molecular flexibility index (Phi) is 8.44. The van der Waals surface area contributed by atoms with Crippen molar-refractivity contribution in [3.63, 3.8) is 0 Å². The molecule has 1 aromatic heterocycles. The number of aromatic nitrogens is 2. The first-order valence-corrected chi connectivity index (χ1v) is 12.2. The van der Waals surface area contributed by atoms with Crippen LogP contribution in [0.1, 0.15) is 41.3 Å². The molecule has 0 unspecified atom stereocenters. The Balaban J connectivity index is 1.40. The van der Waals surface area contributed by atoms with Crippen LogP contribution in [0.2, 0.25) is 0 Å². The van der Waals surface area contributed by atoms with Gasteiger partial charge in [-0.15, -0.1) is 10.2 Å². The van der Waals surface area contributed by atoms with E-state index < -0.39 is 17.6 Å². The Morgan fingerprint density at radius 2 is 1.68 bits per heavy atom. The second-order valence-electron chi connectivity index (χ2n) is 6.79. The normalized spacial score (nSPS) is 10.8. The van der Waals surface area contributed by atoms with Crippen molar-refractivity contribution in [1.29, 1.82) is 0 Å². The Labute approximate surface area is 192 Å². The quantitative estimate of drug-likeness (QED) is 0.364. The molecule has 3 aromatic rings. The van der Waals surface area contributed by atoms with E-state index in [1.54, 1.807) is 17.8 Å². The molecule has 2 amide bonds. The Morgan fingerprint density at radius 1 is 1.00 bits per heavy atom. The maximum atomic E-state index is 13.6. The molecule has 0 fully saturated rings. The molecule has 0 aliphatic rings. The predicted molar refractivity (Wildman–Crippen MR) is 123 cm³/mol. The van der Waals surface area contributed by atoms with Crippen LogP contribution in [0.3, 0.4) is 0 Å². The van der Waals surface area contributed by atoms with Crippen LogP contribution in [-0.2, 0) is 10.5 Å². The first kappa shape index (κ1) is 23.2. The topological polar surface area (TPSA) is 84.0 Å². The fraction of sp³-hybridized carbons (Fsp3) is 0.238. The maximum Gasteiger partial charge on any atom is 0.272 e. The molecule has 0 spiro atoms. The lowest BCUT2D eigenvalue weighted by atomic mass is 10.0. The van der Waals surface area contributed by atoms with Gasteiger partial charge in [-0.25, -0.2) is 4.39 Å². The summed E-state index contributed by atoms with van der Waals surface area (Å²) in [6.07, 6.45) is 0. The van der Waals surface area contributed by atoms with E-state index in [9.17, 15) is 14.0 Å². The Bertz CT molecular complexity index is 1040. The van der Waals surface area contributed by atoms with Crippen LogP contribution in [0.4, 0.5) is 4.39 Å². The summed E-state index contributed by atoms with van der Waals surface area (Å²) < 4.78 is 15.0. The molecule has 3 rings (SSSR count). The van der Waals surface area contributed by atoms with Crippen molar-refractivity contribution in [2.75, 3.05) is 5.75 Å². The number of hydrogen-bond acceptors (Lipinski definition) is 7. The molecule has 0 atom stereocenters. The van der Waals surface area contributed by atoms with Gasteiger partial charge in [0.2, 0.25) is 5.91 Å². The van der Waals surface area contributed by atoms with Gasteiger partial charge in [0, 0.05) is 5.75 Å². The van der Waals surface area contributed by atoms with Gasteiger partial charge < -0.3 is 0 Å². The van der Waals surface area contributed by atoms with Gasteiger partial charge in [-0.3, -0.25) is 20.4 Å². The van der Waals surface area contributed by atoms with Gasteiger partial charge in [-0.2, -0.15) is 0 Å². The van der Waals surface area contributed by atoms with Crippen LogP contribution in [0.5, 0.6) is 0 Å². The molecular weight excluding hydrogens is 455 g/mol. The number of carbonyl (C=O) groups excluding carboxylic acids is 2. The van der Waals surface area contributed by atoms with Gasteiger partial charge in [0.1, 0.15) is 5.82 Å². The molecule has 2 aromatic carbocycles. The minimum atomic E-state index is -0.715. The third-order valence-corrected chi connectivity index (χ3v) is 7.42. The van der Waals surface area contributed by atoms with Gasteiger partial charge in [-0.05, 0) is 29.2 Å². The molecule has 1 heterocycles. The molecule has 10 heteroatoms. The number of hydrazine groups is 1. The largest absolute Gasteiger partial charge is 0.272 e. The van der Waals surface area contributed by atoms with Gasteiger partial charge in [0.05, 0.1) is 11.3 Å². The fourth-order valence-electron chi connectivity index (χ4n) is 2.46. The van der Waals surface area contributed by atoms with E-state index in [4.69, 9.17) is 0 Å². The third-order valence-electron chi connectivity index (χ3n) is 4.16. The fourth-order valence-corrected chi connectivity index (χ4v) is 5.24. The number of hydrogen-bond donors (Lipinski definition) is 2. The number of nitrogens with zero attached hydrogens (tertiary/aromatic N) is 2. The Morgan fingerprint density at radius 3 is 2.35 bits per heavy atom. The van der Waals surface area contributed by atoms with Gasteiger partial charge >= 0.3 is 0 Å². The number of thioether (sulfide) groups is 2. The van der Waals surface area contributed by atoms with Crippen LogP contribution in [-0.4, -0.2) is 27.8 Å². The monoisotopic (exact) mass is 476 g/mol. The van der Waals surface area contributed by atoms with Crippen molar-refractivity contribution in [2.24, 2.45) is 0 Å². The van der Waals surface area contributed by atoms with E-state index >= 15 is 0 Å². The first-order valence-electron chi connectivity index (χ1n) is 9.44. The smallest absolute Gasteiger partial charge is 0.272 e. The van der Waals surface area contributed by atoms with E-state index in [2.05, 4.69) is 59.2 Å². The lowest BCUT2D eigenvalue weighted by Gasteiger charge is -2.07. The zero-order valence-corrected chi connectivity index (χ0v) is 19.4. The number of carbonyl (C=O) groups is 2. The molecule has 0 bridgehead atoms. The lowest BCUT2D eigenvalue weighted by molar-refractivity contribution is -0.119. The molecular formula is C21H21FN4O2S3. The highest BCUT2D eigenvalue weighted by Crippen LogP contribution is 2.30. The van der Waals surface area contributed by atoms with Crippen LogP contribution in [0.15, 0.2) is 57.2 Å². The number of rotatable bonds is 8. The highest BCUT2D eigenvalue weighted by molar-refractivity contribution is 8.03. The molecule has 0 aliphatic carbocycles. The van der Waals surface area contributed by atoms with Crippen molar-refractivity contribution in [3.05, 3.63) is 71.0 Å². The maximum absolute atomic E-state index is 13.6. The van der Waals surface area contributed by atoms with Crippen LogP contribution in [0, 0.1) is 5.82 Å². The van der Waals surface area contributed by atoms with E-state index in [1.165, 1.54) is 52.4 Å². The van der Waals surface area contributed by atoms with E-state index in [0.717, 1.165) is 10.1 Å². The SMILES string of the molecule is CC(C)c1ccc(CSc2nnc(SCC(=O)NNC(=O)c3ccccc3F)s2)cc1. The third kappa shape index (κ3) is 7.05. The predicted octanol–water partition coefficient (Wildman–Crippen LogP) is 4.65. The standard InChI is InChI=1S/C21H21FN4O2S3/c1-13(2)15-9-7-14(8-10-15)11-29-20-25-26-21(31-20)30-12-18(27)23-24-19(28)16-5-3-4-6-17(16)22/h3-10,13H,11-12H2,1-2H3,(H,23,27)(H,24,28). The van der Waals surface area contributed by atoms with Crippen molar-refractivity contribution in [1.82, 2.24) is 21.0 Å².